The van der Waals surface area contributed by atoms with Gasteiger partial charge in [-0.25, -0.2) is 0 Å². The number of nitrogens with one attached hydrogen (secondary N) is 1. The summed E-state index contributed by atoms with van der Waals surface area (Å²) in [6, 6.07) is 0.388. The molecule has 5 rings (SSSR count). The molecule has 0 spiro atoms. The highest BCUT2D eigenvalue weighted by Crippen LogP contribution is 2.61. The fraction of sp³-hybridized carbons (Fsp3) is 0.833. The van der Waals surface area contributed by atoms with Crippen LogP contribution < -0.4 is 5.32 Å². The van der Waals surface area contributed by atoms with Crippen LogP contribution in [0.15, 0.2) is 12.7 Å². The highest BCUT2D eigenvalue weighted by molar-refractivity contribution is 7.80. The lowest BCUT2D eigenvalue weighted by atomic mass is 9.47. The van der Waals surface area contributed by atoms with Gasteiger partial charge in [-0.05, 0) is 86.8 Å². The van der Waals surface area contributed by atoms with Gasteiger partial charge in [-0.15, -0.1) is 6.58 Å². The van der Waals surface area contributed by atoms with Gasteiger partial charge < -0.3 is 10.2 Å². The van der Waals surface area contributed by atoms with Gasteiger partial charge in [-0.3, -0.25) is 0 Å². The molecule has 1 unspecified atom stereocenters. The van der Waals surface area contributed by atoms with Gasteiger partial charge in [0.15, 0.2) is 5.11 Å². The van der Waals surface area contributed by atoms with E-state index in [4.69, 9.17) is 12.2 Å². The lowest BCUT2D eigenvalue weighted by Crippen LogP contribution is -2.57. The summed E-state index contributed by atoms with van der Waals surface area (Å²) in [7, 11) is 0. The Bertz CT molecular complexity index is 403. The highest BCUT2D eigenvalue weighted by atomic mass is 32.1. The first-order chi connectivity index (χ1) is 10.2. The average molecular weight is 305 g/mol. The molecule has 0 aromatic carbocycles. The van der Waals surface area contributed by atoms with E-state index in [1.165, 1.54) is 51.4 Å². The fourth-order valence-electron chi connectivity index (χ4n) is 6.17. The van der Waals surface area contributed by atoms with Crippen molar-refractivity contribution in [3.05, 3.63) is 12.7 Å². The van der Waals surface area contributed by atoms with Crippen molar-refractivity contribution in [1.29, 1.82) is 0 Å². The van der Waals surface area contributed by atoms with Crippen LogP contribution in [0.3, 0.4) is 0 Å². The summed E-state index contributed by atoms with van der Waals surface area (Å²) in [6.07, 6.45) is 13.5. The van der Waals surface area contributed by atoms with Gasteiger partial charge >= 0.3 is 0 Å². The second kappa shape index (κ2) is 5.26. The summed E-state index contributed by atoms with van der Waals surface area (Å²) >= 11 is 5.68. The molecule has 1 atom stereocenters. The number of thiocarbonyl (C=S) groups is 1. The molecule has 0 aromatic heterocycles. The molecule has 1 aliphatic heterocycles. The Morgan fingerprint density at radius 1 is 1.10 bits per heavy atom. The Hall–Kier alpha value is -0.570. The summed E-state index contributed by atoms with van der Waals surface area (Å²) in [4.78, 5) is 2.35. The van der Waals surface area contributed by atoms with E-state index in [1.54, 1.807) is 0 Å². The monoisotopic (exact) mass is 304 g/mol. The molecule has 1 saturated heterocycles. The maximum Gasteiger partial charge on any atom is 0.169 e. The third-order valence-electron chi connectivity index (χ3n) is 6.65. The minimum absolute atomic E-state index is 0.388. The number of hydrogen-bond donors (Lipinski definition) is 1. The molecule has 3 heteroatoms. The minimum Gasteiger partial charge on any atom is -0.356 e. The van der Waals surface area contributed by atoms with Gasteiger partial charge in [-0.2, -0.15) is 0 Å². The zero-order chi connectivity index (χ0) is 14.4. The van der Waals surface area contributed by atoms with Crippen LogP contribution in [-0.4, -0.2) is 29.1 Å². The quantitative estimate of drug-likeness (QED) is 0.632. The molecule has 0 amide bonds. The van der Waals surface area contributed by atoms with E-state index in [0.29, 0.717) is 11.5 Å². The van der Waals surface area contributed by atoms with Crippen molar-refractivity contribution in [3.63, 3.8) is 0 Å². The van der Waals surface area contributed by atoms with Crippen molar-refractivity contribution < 1.29 is 0 Å². The average Bonchev–Trinajstić information content (AvgIpc) is 2.97. The SMILES string of the molecule is C=CC(NC(=S)N1CCCC1)C12CC3CC(CC(C3)C1)C2. The molecule has 5 fully saturated rings. The molecule has 4 aliphatic carbocycles. The molecule has 116 valence electrons. The molecule has 2 nitrogen and oxygen atoms in total. The predicted octanol–water partition coefficient (Wildman–Crippen LogP) is 3.73. The number of likely N-dealkylation sites (tertiary alicyclic amines) is 1. The van der Waals surface area contributed by atoms with Crippen molar-refractivity contribution in [2.45, 2.75) is 57.4 Å². The standard InChI is InChI=1S/C18H28N2S/c1-2-16(19-17(21)20-5-3-4-6-20)18-10-13-7-14(11-18)9-15(8-13)12-18/h2,13-16H,1,3-12H2,(H,19,21). The Morgan fingerprint density at radius 3 is 2.10 bits per heavy atom. The zero-order valence-corrected chi connectivity index (χ0v) is 13.8. The van der Waals surface area contributed by atoms with E-state index in [9.17, 15) is 0 Å². The molecule has 1 heterocycles. The molecular weight excluding hydrogens is 276 g/mol. The van der Waals surface area contributed by atoms with Crippen LogP contribution in [0.5, 0.6) is 0 Å². The van der Waals surface area contributed by atoms with Gasteiger partial charge in [-0.1, -0.05) is 6.08 Å². The number of hydrogen-bond acceptors (Lipinski definition) is 1. The van der Waals surface area contributed by atoms with Crippen LogP contribution in [0, 0.1) is 23.2 Å². The first-order valence-corrected chi connectivity index (χ1v) is 9.27. The summed E-state index contributed by atoms with van der Waals surface area (Å²) in [5, 5.41) is 4.68. The molecule has 0 radical (unpaired) electrons. The van der Waals surface area contributed by atoms with Gasteiger partial charge in [0.05, 0.1) is 6.04 Å². The molecule has 4 saturated carbocycles. The van der Waals surface area contributed by atoms with E-state index in [2.05, 4.69) is 22.9 Å². The van der Waals surface area contributed by atoms with Crippen molar-refractivity contribution in [2.75, 3.05) is 13.1 Å². The van der Waals surface area contributed by atoms with Crippen molar-refractivity contribution in [3.8, 4) is 0 Å². The molecule has 0 aromatic rings. The number of nitrogens with zero attached hydrogens (tertiary/aromatic N) is 1. The topological polar surface area (TPSA) is 15.3 Å². The van der Waals surface area contributed by atoms with Crippen LogP contribution in [0.4, 0.5) is 0 Å². The highest BCUT2D eigenvalue weighted by Gasteiger charge is 2.53. The predicted molar refractivity (Wildman–Crippen MR) is 91.1 cm³/mol. The normalized spacial score (nSPS) is 42.1. The third kappa shape index (κ3) is 2.42. The fourth-order valence-corrected chi connectivity index (χ4v) is 6.47. The van der Waals surface area contributed by atoms with E-state index >= 15 is 0 Å². The van der Waals surface area contributed by atoms with Crippen LogP contribution in [-0.2, 0) is 0 Å². The number of rotatable bonds is 3. The van der Waals surface area contributed by atoms with E-state index < -0.39 is 0 Å². The van der Waals surface area contributed by atoms with Gasteiger partial charge in [0, 0.05) is 13.1 Å². The van der Waals surface area contributed by atoms with E-state index in [0.717, 1.165) is 36.0 Å². The summed E-state index contributed by atoms with van der Waals surface area (Å²) < 4.78 is 0. The largest absolute Gasteiger partial charge is 0.356 e. The Labute approximate surface area is 134 Å². The Balaban J connectivity index is 1.50. The first kappa shape index (κ1) is 14.0. The summed E-state index contributed by atoms with van der Waals surface area (Å²) in [5.41, 5.74) is 0.459. The Morgan fingerprint density at radius 2 is 1.62 bits per heavy atom. The summed E-state index contributed by atoms with van der Waals surface area (Å²) in [6.45, 7) is 6.43. The lowest BCUT2D eigenvalue weighted by molar-refractivity contribution is -0.0624. The van der Waals surface area contributed by atoms with Crippen molar-refractivity contribution >= 4 is 17.3 Å². The van der Waals surface area contributed by atoms with Gasteiger partial charge in [0.25, 0.3) is 0 Å². The smallest absolute Gasteiger partial charge is 0.169 e. The molecular formula is C18H28N2S. The zero-order valence-electron chi connectivity index (χ0n) is 13.0. The maximum absolute atomic E-state index is 5.68. The summed E-state index contributed by atoms with van der Waals surface area (Å²) in [5.74, 6) is 2.96. The van der Waals surface area contributed by atoms with E-state index in [-0.39, 0.29) is 0 Å². The molecule has 4 bridgehead atoms. The first-order valence-electron chi connectivity index (χ1n) is 8.86. The molecule has 1 N–H and O–H groups in total. The van der Waals surface area contributed by atoms with Crippen molar-refractivity contribution in [1.82, 2.24) is 10.2 Å². The maximum atomic E-state index is 5.68. The third-order valence-corrected chi connectivity index (χ3v) is 7.03. The van der Waals surface area contributed by atoms with Crippen molar-refractivity contribution in [2.24, 2.45) is 23.2 Å². The molecule has 5 aliphatic rings. The van der Waals surface area contributed by atoms with E-state index in [1.807, 2.05) is 0 Å². The van der Waals surface area contributed by atoms with Gasteiger partial charge in [0.1, 0.15) is 0 Å². The van der Waals surface area contributed by atoms with Crippen LogP contribution in [0.2, 0.25) is 0 Å². The van der Waals surface area contributed by atoms with Crippen LogP contribution in [0.1, 0.15) is 51.4 Å². The second-order valence-corrected chi connectivity index (χ2v) is 8.52. The minimum atomic E-state index is 0.388. The molecule has 21 heavy (non-hydrogen) atoms. The van der Waals surface area contributed by atoms with Crippen LogP contribution in [0.25, 0.3) is 0 Å². The lowest BCUT2D eigenvalue weighted by Gasteiger charge is -2.59. The Kier molecular flexibility index (Phi) is 3.52. The van der Waals surface area contributed by atoms with Crippen LogP contribution >= 0.6 is 12.2 Å². The second-order valence-electron chi connectivity index (χ2n) is 8.14. The van der Waals surface area contributed by atoms with Gasteiger partial charge in [0.2, 0.25) is 0 Å².